The first-order valence-electron chi connectivity index (χ1n) is 5.21. The Morgan fingerprint density at radius 2 is 2.18 bits per heavy atom. The number of nitrogens with zero attached hydrogens (tertiary/aromatic N) is 2. The molecule has 5 nitrogen and oxygen atoms in total. The second-order valence-corrected chi connectivity index (χ2v) is 3.81. The Bertz CT molecular complexity index is 548. The van der Waals surface area contributed by atoms with Crippen LogP contribution < -0.4 is 5.73 Å². The summed E-state index contributed by atoms with van der Waals surface area (Å²) in [6.45, 7) is 1.58. The van der Waals surface area contributed by atoms with Gasteiger partial charge in [-0.3, -0.25) is 4.68 Å². The van der Waals surface area contributed by atoms with Gasteiger partial charge in [-0.15, -0.1) is 0 Å². The highest BCUT2D eigenvalue weighted by Crippen LogP contribution is 2.25. The van der Waals surface area contributed by atoms with E-state index in [1.54, 1.807) is 25.4 Å². The third-order valence-corrected chi connectivity index (χ3v) is 2.63. The van der Waals surface area contributed by atoms with Gasteiger partial charge in [0.1, 0.15) is 6.04 Å². The Kier molecular flexibility index (Phi) is 2.82. The highest BCUT2D eigenvalue weighted by Gasteiger charge is 2.14. The van der Waals surface area contributed by atoms with Gasteiger partial charge in [0.15, 0.2) is 0 Å². The molecule has 0 aliphatic heterocycles. The molecule has 1 aromatic carbocycles. The van der Waals surface area contributed by atoms with Crippen LogP contribution in [-0.2, 0) is 4.79 Å². The van der Waals surface area contributed by atoms with Gasteiger partial charge in [0.25, 0.3) is 0 Å². The number of aliphatic carboxylic acids is 1. The Hall–Kier alpha value is -2.30. The SMILES string of the molecule is CC(C(=O)O)n1cc(-c2ccccc2N)cn1. The van der Waals surface area contributed by atoms with E-state index in [0.717, 1.165) is 11.1 Å². The van der Waals surface area contributed by atoms with E-state index in [9.17, 15) is 4.79 Å². The zero-order valence-corrected chi connectivity index (χ0v) is 9.37. The summed E-state index contributed by atoms with van der Waals surface area (Å²) in [6, 6.07) is 6.72. The fourth-order valence-corrected chi connectivity index (χ4v) is 1.56. The van der Waals surface area contributed by atoms with Crippen molar-refractivity contribution in [2.75, 3.05) is 5.73 Å². The number of aromatic nitrogens is 2. The largest absolute Gasteiger partial charge is 0.480 e. The third-order valence-electron chi connectivity index (χ3n) is 2.63. The fraction of sp³-hybridized carbons (Fsp3) is 0.167. The van der Waals surface area contributed by atoms with Gasteiger partial charge in [0.05, 0.1) is 6.20 Å². The minimum atomic E-state index is -0.916. The van der Waals surface area contributed by atoms with Crippen LogP contribution in [0.15, 0.2) is 36.7 Å². The lowest BCUT2D eigenvalue weighted by atomic mass is 10.1. The van der Waals surface area contributed by atoms with Crippen molar-refractivity contribution >= 4 is 11.7 Å². The number of carboxylic acids is 1. The molecule has 0 aliphatic rings. The molecule has 88 valence electrons. The summed E-state index contributed by atoms with van der Waals surface area (Å²) in [5.74, 6) is -0.916. The summed E-state index contributed by atoms with van der Waals surface area (Å²) in [4.78, 5) is 10.8. The number of hydrogen-bond acceptors (Lipinski definition) is 3. The zero-order chi connectivity index (χ0) is 12.4. The van der Waals surface area contributed by atoms with E-state index in [2.05, 4.69) is 5.10 Å². The van der Waals surface area contributed by atoms with Gasteiger partial charge in [-0.05, 0) is 13.0 Å². The number of carboxylic acid groups (broad SMARTS) is 1. The zero-order valence-electron chi connectivity index (χ0n) is 9.37. The molecule has 0 radical (unpaired) electrons. The lowest BCUT2D eigenvalue weighted by Gasteiger charge is -2.05. The molecule has 3 N–H and O–H groups in total. The second kappa shape index (κ2) is 4.29. The summed E-state index contributed by atoms with van der Waals surface area (Å²) in [7, 11) is 0. The van der Waals surface area contributed by atoms with Crippen molar-refractivity contribution in [3.63, 3.8) is 0 Å². The molecular formula is C12H13N3O2. The summed E-state index contributed by atoms with van der Waals surface area (Å²) >= 11 is 0. The van der Waals surface area contributed by atoms with Crippen LogP contribution in [0.25, 0.3) is 11.1 Å². The number of nitrogens with two attached hydrogens (primary N) is 1. The van der Waals surface area contributed by atoms with Crippen LogP contribution in [0.1, 0.15) is 13.0 Å². The Balaban J connectivity index is 2.37. The first-order valence-corrected chi connectivity index (χ1v) is 5.21. The van der Waals surface area contributed by atoms with Crippen LogP contribution in [0.4, 0.5) is 5.69 Å². The van der Waals surface area contributed by atoms with Crippen molar-refractivity contribution in [2.45, 2.75) is 13.0 Å². The van der Waals surface area contributed by atoms with Crippen LogP contribution in [-0.4, -0.2) is 20.9 Å². The van der Waals surface area contributed by atoms with Crippen LogP contribution in [0.5, 0.6) is 0 Å². The van der Waals surface area contributed by atoms with Crippen molar-refractivity contribution in [1.82, 2.24) is 9.78 Å². The predicted octanol–water partition coefficient (Wildman–Crippen LogP) is 1.78. The molecule has 0 saturated carbocycles. The molecule has 0 spiro atoms. The summed E-state index contributed by atoms with van der Waals surface area (Å²) < 4.78 is 1.41. The number of para-hydroxylation sites is 1. The Labute approximate surface area is 98.5 Å². The highest BCUT2D eigenvalue weighted by molar-refractivity contribution is 5.76. The standard InChI is InChI=1S/C12H13N3O2/c1-8(12(16)17)15-7-9(6-14-15)10-4-2-3-5-11(10)13/h2-8H,13H2,1H3,(H,16,17). The van der Waals surface area contributed by atoms with Crippen molar-refractivity contribution in [3.8, 4) is 11.1 Å². The Morgan fingerprint density at radius 1 is 1.47 bits per heavy atom. The van der Waals surface area contributed by atoms with Gasteiger partial charge in [-0.25, -0.2) is 4.79 Å². The number of rotatable bonds is 3. The summed E-state index contributed by atoms with van der Waals surface area (Å²) in [5.41, 5.74) is 8.17. The lowest BCUT2D eigenvalue weighted by molar-refractivity contribution is -0.140. The maximum absolute atomic E-state index is 10.8. The highest BCUT2D eigenvalue weighted by atomic mass is 16.4. The lowest BCUT2D eigenvalue weighted by Crippen LogP contribution is -2.15. The van der Waals surface area contributed by atoms with Gasteiger partial charge in [0, 0.05) is 23.0 Å². The number of hydrogen-bond donors (Lipinski definition) is 2. The molecule has 0 amide bonds. The number of benzene rings is 1. The van der Waals surface area contributed by atoms with Crippen molar-refractivity contribution in [2.24, 2.45) is 0 Å². The molecular weight excluding hydrogens is 218 g/mol. The van der Waals surface area contributed by atoms with Crippen LogP contribution in [0, 0.1) is 0 Å². The average Bonchev–Trinajstić information content (AvgIpc) is 2.77. The molecule has 1 unspecified atom stereocenters. The minimum Gasteiger partial charge on any atom is -0.480 e. The predicted molar refractivity (Wildman–Crippen MR) is 64.4 cm³/mol. The van der Waals surface area contributed by atoms with E-state index >= 15 is 0 Å². The topological polar surface area (TPSA) is 81.1 Å². The van der Waals surface area contributed by atoms with E-state index in [-0.39, 0.29) is 0 Å². The maximum Gasteiger partial charge on any atom is 0.328 e. The molecule has 1 atom stereocenters. The molecule has 2 rings (SSSR count). The van der Waals surface area contributed by atoms with Gasteiger partial charge >= 0.3 is 5.97 Å². The van der Waals surface area contributed by atoms with Crippen LogP contribution >= 0.6 is 0 Å². The molecule has 0 bridgehead atoms. The molecule has 5 heteroatoms. The quantitative estimate of drug-likeness (QED) is 0.789. The number of carbonyl (C=O) groups is 1. The number of nitrogen functional groups attached to an aromatic ring is 1. The summed E-state index contributed by atoms with van der Waals surface area (Å²) in [5, 5.41) is 12.9. The molecule has 1 aromatic heterocycles. The first-order chi connectivity index (χ1) is 8.09. The third kappa shape index (κ3) is 2.13. The van der Waals surface area contributed by atoms with Crippen molar-refractivity contribution in [1.29, 1.82) is 0 Å². The molecule has 2 aromatic rings. The van der Waals surface area contributed by atoms with E-state index in [0.29, 0.717) is 5.69 Å². The van der Waals surface area contributed by atoms with E-state index in [1.165, 1.54) is 4.68 Å². The minimum absolute atomic E-state index is 0.648. The fourth-order valence-electron chi connectivity index (χ4n) is 1.56. The van der Waals surface area contributed by atoms with Gasteiger partial charge < -0.3 is 10.8 Å². The normalized spacial score (nSPS) is 12.3. The van der Waals surface area contributed by atoms with E-state index in [1.807, 2.05) is 18.2 Å². The summed E-state index contributed by atoms with van der Waals surface area (Å²) in [6.07, 6.45) is 3.30. The monoisotopic (exact) mass is 231 g/mol. The van der Waals surface area contributed by atoms with Crippen LogP contribution in [0.3, 0.4) is 0 Å². The molecule has 17 heavy (non-hydrogen) atoms. The average molecular weight is 231 g/mol. The van der Waals surface area contributed by atoms with E-state index < -0.39 is 12.0 Å². The van der Waals surface area contributed by atoms with Crippen molar-refractivity contribution in [3.05, 3.63) is 36.7 Å². The van der Waals surface area contributed by atoms with E-state index in [4.69, 9.17) is 10.8 Å². The Morgan fingerprint density at radius 3 is 2.82 bits per heavy atom. The van der Waals surface area contributed by atoms with Crippen LogP contribution in [0.2, 0.25) is 0 Å². The molecule has 1 heterocycles. The molecule has 0 fully saturated rings. The first kappa shape index (κ1) is 11.2. The second-order valence-electron chi connectivity index (χ2n) is 3.81. The van der Waals surface area contributed by atoms with Crippen molar-refractivity contribution < 1.29 is 9.90 Å². The number of anilines is 1. The van der Waals surface area contributed by atoms with Gasteiger partial charge in [0.2, 0.25) is 0 Å². The smallest absolute Gasteiger partial charge is 0.328 e. The molecule has 0 aliphatic carbocycles. The molecule has 0 saturated heterocycles. The maximum atomic E-state index is 10.8. The van der Waals surface area contributed by atoms with Gasteiger partial charge in [-0.2, -0.15) is 5.10 Å². The van der Waals surface area contributed by atoms with Gasteiger partial charge in [-0.1, -0.05) is 18.2 Å².